The van der Waals surface area contributed by atoms with Crippen molar-refractivity contribution in [1.29, 1.82) is 0 Å². The number of aryl methyl sites for hydroxylation is 1. The summed E-state index contributed by atoms with van der Waals surface area (Å²) in [5.74, 6) is 0.949. The number of hydrogen-bond acceptors (Lipinski definition) is 2. The van der Waals surface area contributed by atoms with Gasteiger partial charge in [-0.15, -0.1) is 0 Å². The Bertz CT molecular complexity index is 381. The zero-order chi connectivity index (χ0) is 14.4. The standard InChI is InChI=1S/C18H30N2/c1-4-6-15-9-11-17(12-10-15)18(19-2)14-20(3)13-16-7-5-8-16/h9-12,16,18-19H,4-8,13-14H2,1-3H3. The van der Waals surface area contributed by atoms with Crippen LogP contribution in [0.1, 0.15) is 49.8 Å². The van der Waals surface area contributed by atoms with Crippen molar-refractivity contribution in [3.8, 4) is 0 Å². The van der Waals surface area contributed by atoms with Crippen LogP contribution in [0.25, 0.3) is 0 Å². The number of likely N-dealkylation sites (N-methyl/N-ethyl adjacent to an activating group) is 2. The second kappa shape index (κ2) is 7.80. The van der Waals surface area contributed by atoms with E-state index < -0.39 is 0 Å². The minimum atomic E-state index is 0.441. The average molecular weight is 274 g/mol. The van der Waals surface area contributed by atoms with Gasteiger partial charge in [-0.2, -0.15) is 0 Å². The third-order valence-electron chi connectivity index (χ3n) is 4.56. The first-order valence-electron chi connectivity index (χ1n) is 8.17. The van der Waals surface area contributed by atoms with E-state index in [-0.39, 0.29) is 0 Å². The molecule has 1 unspecified atom stereocenters. The predicted octanol–water partition coefficient (Wildman–Crippen LogP) is 3.63. The van der Waals surface area contributed by atoms with E-state index in [1.165, 1.54) is 49.8 Å². The summed E-state index contributed by atoms with van der Waals surface area (Å²) in [4.78, 5) is 2.49. The van der Waals surface area contributed by atoms with Crippen LogP contribution in [0.5, 0.6) is 0 Å². The molecule has 1 aromatic carbocycles. The zero-order valence-electron chi connectivity index (χ0n) is 13.4. The molecule has 0 aromatic heterocycles. The zero-order valence-corrected chi connectivity index (χ0v) is 13.4. The van der Waals surface area contributed by atoms with E-state index in [2.05, 4.69) is 55.5 Å². The third kappa shape index (κ3) is 4.32. The van der Waals surface area contributed by atoms with Crippen molar-refractivity contribution in [1.82, 2.24) is 10.2 Å². The highest BCUT2D eigenvalue weighted by Gasteiger charge is 2.20. The van der Waals surface area contributed by atoms with E-state index in [0.29, 0.717) is 6.04 Å². The molecule has 1 fully saturated rings. The second-order valence-electron chi connectivity index (χ2n) is 6.35. The lowest BCUT2D eigenvalue weighted by Crippen LogP contribution is -2.35. The van der Waals surface area contributed by atoms with Crippen LogP contribution in [-0.2, 0) is 6.42 Å². The van der Waals surface area contributed by atoms with Crippen LogP contribution in [0.2, 0.25) is 0 Å². The predicted molar refractivity (Wildman–Crippen MR) is 87.1 cm³/mol. The number of nitrogens with zero attached hydrogens (tertiary/aromatic N) is 1. The minimum Gasteiger partial charge on any atom is -0.312 e. The molecule has 0 radical (unpaired) electrons. The Morgan fingerprint density at radius 2 is 1.95 bits per heavy atom. The van der Waals surface area contributed by atoms with Gasteiger partial charge in [-0.05, 0) is 50.4 Å². The first-order valence-corrected chi connectivity index (χ1v) is 8.17. The fraction of sp³-hybridized carbons (Fsp3) is 0.667. The summed E-state index contributed by atoms with van der Waals surface area (Å²) >= 11 is 0. The van der Waals surface area contributed by atoms with Gasteiger partial charge in [0.2, 0.25) is 0 Å². The van der Waals surface area contributed by atoms with Crippen molar-refractivity contribution in [3.63, 3.8) is 0 Å². The van der Waals surface area contributed by atoms with Crippen LogP contribution in [0.15, 0.2) is 24.3 Å². The molecule has 20 heavy (non-hydrogen) atoms. The highest BCUT2D eigenvalue weighted by atomic mass is 15.1. The largest absolute Gasteiger partial charge is 0.312 e. The Morgan fingerprint density at radius 1 is 1.25 bits per heavy atom. The topological polar surface area (TPSA) is 15.3 Å². The fourth-order valence-corrected chi connectivity index (χ4v) is 3.07. The Kier molecular flexibility index (Phi) is 6.06. The highest BCUT2D eigenvalue weighted by molar-refractivity contribution is 5.25. The molecule has 1 saturated carbocycles. The lowest BCUT2D eigenvalue weighted by molar-refractivity contribution is 0.193. The first-order chi connectivity index (χ1) is 9.72. The molecule has 0 aliphatic heterocycles. The molecule has 1 aromatic rings. The van der Waals surface area contributed by atoms with E-state index >= 15 is 0 Å². The van der Waals surface area contributed by atoms with Gasteiger partial charge in [0, 0.05) is 19.1 Å². The summed E-state index contributed by atoms with van der Waals surface area (Å²) in [5.41, 5.74) is 2.86. The molecule has 1 N–H and O–H groups in total. The third-order valence-corrected chi connectivity index (χ3v) is 4.56. The van der Waals surface area contributed by atoms with Gasteiger partial charge < -0.3 is 10.2 Å². The SMILES string of the molecule is CCCc1ccc(C(CN(C)CC2CCC2)NC)cc1. The summed E-state index contributed by atoms with van der Waals surface area (Å²) in [7, 11) is 4.33. The van der Waals surface area contributed by atoms with Crippen LogP contribution < -0.4 is 5.32 Å². The molecule has 0 bridgehead atoms. The Hall–Kier alpha value is -0.860. The van der Waals surface area contributed by atoms with Crippen LogP contribution >= 0.6 is 0 Å². The normalized spacial score (nSPS) is 17.2. The molecule has 0 amide bonds. The van der Waals surface area contributed by atoms with Gasteiger partial charge in [-0.1, -0.05) is 44.0 Å². The number of benzene rings is 1. The number of hydrogen-bond donors (Lipinski definition) is 1. The van der Waals surface area contributed by atoms with Crippen molar-refractivity contribution < 1.29 is 0 Å². The van der Waals surface area contributed by atoms with Gasteiger partial charge in [0.15, 0.2) is 0 Å². The highest BCUT2D eigenvalue weighted by Crippen LogP contribution is 2.27. The van der Waals surface area contributed by atoms with Crippen LogP contribution in [0.4, 0.5) is 0 Å². The van der Waals surface area contributed by atoms with Gasteiger partial charge in [-0.3, -0.25) is 0 Å². The van der Waals surface area contributed by atoms with Crippen molar-refractivity contribution in [2.75, 3.05) is 27.2 Å². The number of nitrogens with one attached hydrogen (secondary N) is 1. The molecule has 112 valence electrons. The van der Waals surface area contributed by atoms with Gasteiger partial charge >= 0.3 is 0 Å². The van der Waals surface area contributed by atoms with E-state index in [1.807, 2.05) is 0 Å². The quantitative estimate of drug-likeness (QED) is 0.778. The molecule has 1 aliphatic carbocycles. The maximum absolute atomic E-state index is 3.47. The van der Waals surface area contributed by atoms with Crippen molar-refractivity contribution in [2.45, 2.75) is 45.1 Å². The molecule has 0 spiro atoms. The first kappa shape index (κ1) is 15.5. The molecule has 2 nitrogen and oxygen atoms in total. The minimum absolute atomic E-state index is 0.441. The maximum atomic E-state index is 3.47. The van der Waals surface area contributed by atoms with E-state index in [1.54, 1.807) is 0 Å². The maximum Gasteiger partial charge on any atom is 0.0446 e. The summed E-state index contributed by atoms with van der Waals surface area (Å²) < 4.78 is 0. The Morgan fingerprint density at radius 3 is 2.45 bits per heavy atom. The average Bonchev–Trinajstić information content (AvgIpc) is 2.42. The molecule has 1 aliphatic rings. The monoisotopic (exact) mass is 274 g/mol. The van der Waals surface area contributed by atoms with Crippen LogP contribution in [0.3, 0.4) is 0 Å². The lowest BCUT2D eigenvalue weighted by atomic mass is 9.85. The fourth-order valence-electron chi connectivity index (χ4n) is 3.07. The van der Waals surface area contributed by atoms with Gasteiger partial charge in [0.05, 0.1) is 0 Å². The number of rotatable bonds is 8. The molecule has 2 rings (SSSR count). The Balaban J connectivity index is 1.89. The van der Waals surface area contributed by atoms with Crippen LogP contribution in [0, 0.1) is 5.92 Å². The van der Waals surface area contributed by atoms with E-state index in [0.717, 1.165) is 12.5 Å². The molecule has 0 saturated heterocycles. The lowest BCUT2D eigenvalue weighted by Gasteiger charge is -2.32. The molecule has 1 atom stereocenters. The van der Waals surface area contributed by atoms with Gasteiger partial charge in [0.25, 0.3) is 0 Å². The van der Waals surface area contributed by atoms with Crippen LogP contribution in [-0.4, -0.2) is 32.1 Å². The van der Waals surface area contributed by atoms with E-state index in [4.69, 9.17) is 0 Å². The van der Waals surface area contributed by atoms with Gasteiger partial charge in [-0.25, -0.2) is 0 Å². The van der Waals surface area contributed by atoms with Crippen molar-refractivity contribution >= 4 is 0 Å². The molecular formula is C18H30N2. The van der Waals surface area contributed by atoms with E-state index in [9.17, 15) is 0 Å². The van der Waals surface area contributed by atoms with Crippen molar-refractivity contribution in [2.24, 2.45) is 5.92 Å². The second-order valence-corrected chi connectivity index (χ2v) is 6.35. The summed E-state index contributed by atoms with van der Waals surface area (Å²) in [5, 5.41) is 3.47. The summed E-state index contributed by atoms with van der Waals surface area (Å²) in [6, 6.07) is 9.60. The molecule has 0 heterocycles. The summed E-state index contributed by atoms with van der Waals surface area (Å²) in [6.45, 7) is 4.59. The molecular weight excluding hydrogens is 244 g/mol. The smallest absolute Gasteiger partial charge is 0.0446 e. The summed E-state index contributed by atoms with van der Waals surface area (Å²) in [6.07, 6.45) is 6.71. The molecule has 2 heteroatoms. The van der Waals surface area contributed by atoms with Crippen molar-refractivity contribution in [3.05, 3.63) is 35.4 Å². The Labute approximate surface area is 124 Å². The van der Waals surface area contributed by atoms with Gasteiger partial charge in [0.1, 0.15) is 0 Å².